The zero-order valence-electron chi connectivity index (χ0n) is 17.4. The topological polar surface area (TPSA) is 29.0 Å². The molecule has 3 nitrogen and oxygen atoms in total. The fraction of sp³-hybridized carbons (Fsp3) is 0.636. The van der Waals surface area contributed by atoms with Crippen molar-refractivity contribution >= 4 is 14.0 Å². The Labute approximate surface area is 161 Å². The average Bonchev–Trinajstić information content (AvgIpc) is 2.61. The molecule has 26 heavy (non-hydrogen) atoms. The van der Waals surface area contributed by atoms with Gasteiger partial charge in [-0.2, -0.15) is 0 Å². The molecule has 1 unspecified atom stereocenters. The van der Waals surface area contributed by atoms with Crippen molar-refractivity contribution in [2.75, 3.05) is 18.0 Å². The highest BCUT2D eigenvalue weighted by Gasteiger charge is 2.41. The maximum Gasteiger partial charge on any atom is 0.226 e. The summed E-state index contributed by atoms with van der Waals surface area (Å²) >= 11 is 0. The van der Waals surface area contributed by atoms with Gasteiger partial charge in [0, 0.05) is 19.3 Å². The lowest BCUT2D eigenvalue weighted by molar-refractivity contribution is 0.480. The van der Waals surface area contributed by atoms with Crippen LogP contribution in [0.4, 0.5) is 5.95 Å². The van der Waals surface area contributed by atoms with Crippen molar-refractivity contribution in [2.24, 2.45) is 5.92 Å². The zero-order chi connectivity index (χ0) is 19.3. The van der Waals surface area contributed by atoms with Gasteiger partial charge >= 0.3 is 0 Å². The van der Waals surface area contributed by atoms with E-state index in [1.165, 1.54) is 12.8 Å². The predicted molar refractivity (Wildman–Crippen MR) is 115 cm³/mol. The Bertz CT molecular complexity index is 648. The molecule has 0 aliphatic carbocycles. The summed E-state index contributed by atoms with van der Waals surface area (Å²) in [5, 5.41) is 0. The summed E-state index contributed by atoms with van der Waals surface area (Å²) in [4.78, 5) is 11.6. The molecule has 1 atom stereocenters. The first-order valence-corrected chi connectivity index (χ1v) is 12.3. The van der Waals surface area contributed by atoms with Crippen LogP contribution >= 0.6 is 0 Å². The molecule has 1 saturated heterocycles. The quantitative estimate of drug-likeness (QED) is 0.393. The summed E-state index contributed by atoms with van der Waals surface area (Å²) in [6, 6.07) is 1.95. The summed E-state index contributed by atoms with van der Waals surface area (Å²) in [6.07, 6.45) is 6.29. The van der Waals surface area contributed by atoms with E-state index in [4.69, 9.17) is 4.98 Å². The molecule has 1 aromatic rings. The molecule has 4 heteroatoms. The van der Waals surface area contributed by atoms with E-state index in [1.54, 1.807) is 0 Å². The third kappa shape index (κ3) is 4.38. The molecule has 0 amide bonds. The standard InChI is InChI=1S/C22H35N3Si/c1-8-20-10-9-14-25(16-20)22-23-13-11-21(24-22)12-15-26(17(2)3,18(4)5)19(6)7/h8,11,13,17-20H,1,9-10,14,16H2,2-7H3. The molecule has 0 spiro atoms. The van der Waals surface area contributed by atoms with Crippen molar-refractivity contribution in [1.82, 2.24) is 9.97 Å². The van der Waals surface area contributed by atoms with E-state index in [0.29, 0.717) is 22.5 Å². The number of aromatic nitrogens is 2. The van der Waals surface area contributed by atoms with Crippen LogP contribution in [0.3, 0.4) is 0 Å². The third-order valence-electron chi connectivity index (χ3n) is 5.99. The average molecular weight is 370 g/mol. The van der Waals surface area contributed by atoms with Crippen molar-refractivity contribution in [3.8, 4) is 11.5 Å². The van der Waals surface area contributed by atoms with Gasteiger partial charge in [-0.3, -0.25) is 0 Å². The van der Waals surface area contributed by atoms with Gasteiger partial charge in [-0.05, 0) is 41.4 Å². The molecule has 1 aliphatic heterocycles. The summed E-state index contributed by atoms with van der Waals surface area (Å²) in [5.41, 5.74) is 6.51. The van der Waals surface area contributed by atoms with Gasteiger partial charge in [-0.1, -0.05) is 53.5 Å². The SMILES string of the molecule is C=CC1CCCN(c2nccc(C#C[Si](C(C)C)(C(C)C)C(C)C)n2)C1. The van der Waals surface area contributed by atoms with E-state index in [0.717, 1.165) is 24.7 Å². The van der Waals surface area contributed by atoms with Crippen LogP contribution in [0.5, 0.6) is 0 Å². The number of piperidine rings is 1. The van der Waals surface area contributed by atoms with E-state index in [1.807, 2.05) is 12.3 Å². The van der Waals surface area contributed by atoms with Crippen LogP contribution in [-0.4, -0.2) is 31.1 Å². The molecule has 1 fully saturated rings. The fourth-order valence-corrected chi connectivity index (χ4v) is 9.77. The van der Waals surface area contributed by atoms with Gasteiger partial charge in [0.1, 0.15) is 13.8 Å². The Morgan fingerprint density at radius 2 is 1.85 bits per heavy atom. The van der Waals surface area contributed by atoms with Crippen molar-refractivity contribution in [2.45, 2.75) is 71.0 Å². The molecular formula is C22H35N3Si. The highest BCUT2D eigenvalue weighted by molar-refractivity contribution is 6.90. The molecule has 1 aliphatic rings. The van der Waals surface area contributed by atoms with Crippen molar-refractivity contribution < 1.29 is 0 Å². The summed E-state index contributed by atoms with van der Waals surface area (Å²) < 4.78 is 0. The monoisotopic (exact) mass is 369 g/mol. The summed E-state index contributed by atoms with van der Waals surface area (Å²) in [7, 11) is -1.73. The van der Waals surface area contributed by atoms with Crippen LogP contribution in [-0.2, 0) is 0 Å². The van der Waals surface area contributed by atoms with Crippen LogP contribution in [0.25, 0.3) is 0 Å². The Hall–Kier alpha value is -1.60. The summed E-state index contributed by atoms with van der Waals surface area (Å²) in [6.45, 7) is 20.0. The normalized spacial score (nSPS) is 18.2. The number of nitrogens with zero attached hydrogens (tertiary/aromatic N) is 3. The lowest BCUT2D eigenvalue weighted by Crippen LogP contribution is -2.43. The first kappa shape index (κ1) is 20.7. The number of hydrogen-bond donors (Lipinski definition) is 0. The molecular weight excluding hydrogens is 334 g/mol. The van der Waals surface area contributed by atoms with Gasteiger partial charge in [-0.25, -0.2) is 9.97 Å². The third-order valence-corrected chi connectivity index (χ3v) is 12.3. The smallest absolute Gasteiger partial charge is 0.226 e. The van der Waals surface area contributed by atoms with Gasteiger partial charge in [0.05, 0.1) is 0 Å². The molecule has 2 rings (SSSR count). The van der Waals surface area contributed by atoms with Crippen LogP contribution in [0.2, 0.25) is 16.6 Å². The molecule has 0 saturated carbocycles. The zero-order valence-corrected chi connectivity index (χ0v) is 18.4. The largest absolute Gasteiger partial charge is 0.340 e. The van der Waals surface area contributed by atoms with E-state index in [-0.39, 0.29) is 0 Å². The number of rotatable bonds is 5. The van der Waals surface area contributed by atoms with Gasteiger partial charge in [0.25, 0.3) is 0 Å². The number of hydrogen-bond acceptors (Lipinski definition) is 3. The molecule has 142 valence electrons. The molecule has 2 heterocycles. The predicted octanol–water partition coefficient (Wildman–Crippen LogP) is 5.45. The van der Waals surface area contributed by atoms with Crippen molar-refractivity contribution in [3.05, 3.63) is 30.6 Å². The highest BCUT2D eigenvalue weighted by Crippen LogP contribution is 2.40. The molecule has 0 bridgehead atoms. The van der Waals surface area contributed by atoms with Crippen LogP contribution in [0.15, 0.2) is 24.9 Å². The maximum absolute atomic E-state index is 4.78. The molecule has 1 aromatic heterocycles. The lowest BCUT2D eigenvalue weighted by atomic mass is 9.99. The first-order valence-electron chi connectivity index (χ1n) is 10.0. The highest BCUT2D eigenvalue weighted by atomic mass is 28.3. The Balaban J connectivity index is 2.31. The minimum Gasteiger partial charge on any atom is -0.340 e. The van der Waals surface area contributed by atoms with E-state index < -0.39 is 8.07 Å². The Morgan fingerprint density at radius 3 is 2.42 bits per heavy atom. The second-order valence-electron chi connectivity index (χ2n) is 8.47. The van der Waals surface area contributed by atoms with E-state index in [2.05, 4.69) is 75.5 Å². The first-order chi connectivity index (χ1) is 12.3. The second-order valence-corrected chi connectivity index (χ2v) is 14.1. The van der Waals surface area contributed by atoms with Crippen LogP contribution in [0.1, 0.15) is 60.1 Å². The van der Waals surface area contributed by atoms with Gasteiger partial charge in [-0.15, -0.1) is 12.1 Å². The van der Waals surface area contributed by atoms with Crippen LogP contribution < -0.4 is 4.90 Å². The maximum atomic E-state index is 4.78. The lowest BCUT2D eigenvalue weighted by Gasteiger charge is -2.38. The fourth-order valence-electron chi connectivity index (χ4n) is 4.56. The van der Waals surface area contributed by atoms with Gasteiger partial charge < -0.3 is 4.90 Å². The Morgan fingerprint density at radius 1 is 1.19 bits per heavy atom. The molecule has 0 aromatic carbocycles. The van der Waals surface area contributed by atoms with Crippen molar-refractivity contribution in [1.29, 1.82) is 0 Å². The van der Waals surface area contributed by atoms with Crippen molar-refractivity contribution in [3.63, 3.8) is 0 Å². The second kappa shape index (κ2) is 8.86. The van der Waals surface area contributed by atoms with Gasteiger partial charge in [0.2, 0.25) is 5.95 Å². The minimum atomic E-state index is -1.73. The molecule has 0 radical (unpaired) electrons. The van der Waals surface area contributed by atoms with Gasteiger partial charge in [0.15, 0.2) is 0 Å². The number of anilines is 1. The van der Waals surface area contributed by atoms with Crippen LogP contribution in [0, 0.1) is 17.4 Å². The summed E-state index contributed by atoms with van der Waals surface area (Å²) in [5.74, 6) is 4.79. The Kier molecular flexibility index (Phi) is 7.06. The van der Waals surface area contributed by atoms with E-state index in [9.17, 15) is 0 Å². The minimum absolute atomic E-state index is 0.532. The van der Waals surface area contributed by atoms with E-state index >= 15 is 0 Å². The molecule has 0 N–H and O–H groups in total.